The molecule has 15 heavy (non-hydrogen) atoms. The first-order valence-electron chi connectivity index (χ1n) is 4.82. The molecule has 1 rings (SSSR count). The fourth-order valence-electron chi connectivity index (χ4n) is 1.48. The molecule has 0 N–H and O–H groups in total. The SMILES string of the molecule is CCCC1=CC(C)(C(Cl)(Cl)Cl)C=CC1=O. The summed E-state index contributed by atoms with van der Waals surface area (Å²) in [5.74, 6) is 0.0172. The van der Waals surface area contributed by atoms with E-state index in [1.54, 1.807) is 19.1 Å². The largest absolute Gasteiger partial charge is 0.290 e. The molecule has 1 unspecified atom stereocenters. The average Bonchev–Trinajstić information content (AvgIpc) is 2.10. The van der Waals surface area contributed by atoms with Crippen LogP contribution in [0.5, 0.6) is 0 Å². The third-order valence-electron chi connectivity index (χ3n) is 2.50. The fourth-order valence-corrected chi connectivity index (χ4v) is 1.83. The second kappa shape index (κ2) is 4.48. The first-order chi connectivity index (χ1) is 6.80. The van der Waals surface area contributed by atoms with Gasteiger partial charge in [-0.3, -0.25) is 4.79 Å². The molecule has 0 spiro atoms. The Labute approximate surface area is 105 Å². The molecule has 0 aromatic carbocycles. The molecule has 1 aliphatic rings. The Bertz CT molecular complexity index is 325. The van der Waals surface area contributed by atoms with E-state index in [-0.39, 0.29) is 5.78 Å². The van der Waals surface area contributed by atoms with Crippen LogP contribution in [0.15, 0.2) is 23.8 Å². The Morgan fingerprint density at radius 1 is 1.40 bits per heavy atom. The number of carbonyl (C=O) groups is 1. The monoisotopic (exact) mass is 266 g/mol. The van der Waals surface area contributed by atoms with Gasteiger partial charge in [0.2, 0.25) is 3.79 Å². The zero-order valence-corrected chi connectivity index (χ0v) is 11.0. The van der Waals surface area contributed by atoms with Gasteiger partial charge < -0.3 is 0 Å². The van der Waals surface area contributed by atoms with Gasteiger partial charge in [0, 0.05) is 0 Å². The van der Waals surface area contributed by atoms with Crippen molar-refractivity contribution >= 4 is 40.6 Å². The second-order valence-electron chi connectivity index (χ2n) is 3.90. The maximum absolute atomic E-state index is 11.5. The van der Waals surface area contributed by atoms with Gasteiger partial charge in [-0.25, -0.2) is 0 Å². The van der Waals surface area contributed by atoms with Gasteiger partial charge in [-0.05, 0) is 25.0 Å². The molecule has 0 heterocycles. The van der Waals surface area contributed by atoms with E-state index in [4.69, 9.17) is 34.8 Å². The van der Waals surface area contributed by atoms with Crippen LogP contribution in [0.25, 0.3) is 0 Å². The van der Waals surface area contributed by atoms with Crippen molar-refractivity contribution in [3.63, 3.8) is 0 Å². The Morgan fingerprint density at radius 3 is 2.47 bits per heavy atom. The van der Waals surface area contributed by atoms with Gasteiger partial charge in [0.05, 0.1) is 5.41 Å². The Balaban J connectivity index is 3.05. The summed E-state index contributed by atoms with van der Waals surface area (Å²) in [5, 5.41) is 0. The van der Waals surface area contributed by atoms with Gasteiger partial charge >= 0.3 is 0 Å². The summed E-state index contributed by atoms with van der Waals surface area (Å²) < 4.78 is -1.43. The summed E-state index contributed by atoms with van der Waals surface area (Å²) in [5.41, 5.74) is 0.0321. The van der Waals surface area contributed by atoms with Crippen LogP contribution in [0.4, 0.5) is 0 Å². The molecule has 0 saturated carbocycles. The van der Waals surface area contributed by atoms with Crippen LogP contribution in [0.3, 0.4) is 0 Å². The van der Waals surface area contributed by atoms with Gasteiger partial charge in [-0.15, -0.1) is 0 Å². The van der Waals surface area contributed by atoms with Crippen molar-refractivity contribution in [3.05, 3.63) is 23.8 Å². The number of carbonyl (C=O) groups excluding carboxylic acids is 1. The third-order valence-corrected chi connectivity index (χ3v) is 3.72. The minimum atomic E-state index is -1.43. The lowest BCUT2D eigenvalue weighted by molar-refractivity contribution is -0.111. The summed E-state index contributed by atoms with van der Waals surface area (Å²) in [6, 6.07) is 0. The van der Waals surface area contributed by atoms with Crippen LogP contribution >= 0.6 is 34.8 Å². The molecule has 0 amide bonds. The highest BCUT2D eigenvalue weighted by Gasteiger charge is 2.42. The predicted octanol–water partition coefficient (Wildman–Crippen LogP) is 4.23. The molecule has 0 aliphatic heterocycles. The second-order valence-corrected chi connectivity index (χ2v) is 6.18. The van der Waals surface area contributed by atoms with E-state index in [1.165, 1.54) is 6.08 Å². The van der Waals surface area contributed by atoms with Crippen molar-refractivity contribution in [2.24, 2.45) is 5.41 Å². The smallest absolute Gasteiger partial charge is 0.202 e. The molecule has 1 aliphatic carbocycles. The van der Waals surface area contributed by atoms with Crippen molar-refractivity contribution < 1.29 is 4.79 Å². The molecule has 0 aromatic rings. The van der Waals surface area contributed by atoms with E-state index < -0.39 is 9.21 Å². The highest BCUT2D eigenvalue weighted by Crippen LogP contribution is 2.48. The molecule has 0 saturated heterocycles. The summed E-state index contributed by atoms with van der Waals surface area (Å²) >= 11 is 17.7. The zero-order chi connectivity index (χ0) is 11.7. The van der Waals surface area contributed by atoms with Crippen LogP contribution in [0, 0.1) is 5.41 Å². The predicted molar refractivity (Wildman–Crippen MR) is 65.5 cm³/mol. The van der Waals surface area contributed by atoms with Crippen molar-refractivity contribution in [2.75, 3.05) is 0 Å². The number of ketones is 1. The minimum absolute atomic E-state index is 0.0172. The van der Waals surface area contributed by atoms with E-state index >= 15 is 0 Å². The van der Waals surface area contributed by atoms with Crippen molar-refractivity contribution in [2.45, 2.75) is 30.5 Å². The van der Waals surface area contributed by atoms with Gasteiger partial charge in [0.15, 0.2) is 5.78 Å². The van der Waals surface area contributed by atoms with E-state index in [1.807, 2.05) is 6.92 Å². The molecule has 1 nitrogen and oxygen atoms in total. The van der Waals surface area contributed by atoms with Crippen molar-refractivity contribution in [3.8, 4) is 0 Å². The number of halogens is 3. The normalized spacial score (nSPS) is 26.7. The van der Waals surface area contributed by atoms with Gasteiger partial charge in [-0.2, -0.15) is 0 Å². The highest BCUT2D eigenvalue weighted by molar-refractivity contribution is 6.68. The van der Waals surface area contributed by atoms with E-state index in [0.717, 1.165) is 18.4 Å². The first-order valence-corrected chi connectivity index (χ1v) is 5.95. The lowest BCUT2D eigenvalue weighted by Crippen LogP contribution is -2.31. The maximum atomic E-state index is 11.5. The third kappa shape index (κ3) is 2.77. The maximum Gasteiger partial charge on any atom is 0.202 e. The molecule has 0 bridgehead atoms. The summed E-state index contributed by atoms with van der Waals surface area (Å²) in [6.07, 6.45) is 6.54. The summed E-state index contributed by atoms with van der Waals surface area (Å²) in [7, 11) is 0. The highest BCUT2D eigenvalue weighted by atomic mass is 35.6. The molecule has 0 radical (unpaired) electrons. The lowest BCUT2D eigenvalue weighted by Gasteiger charge is -2.33. The standard InChI is InChI=1S/C11H13Cl3O/c1-3-4-8-7-10(2,11(12,13)14)6-5-9(8)15/h5-7H,3-4H2,1-2H3. The topological polar surface area (TPSA) is 17.1 Å². The number of rotatable bonds is 2. The number of hydrogen-bond acceptors (Lipinski definition) is 1. The minimum Gasteiger partial charge on any atom is -0.290 e. The van der Waals surface area contributed by atoms with E-state index in [9.17, 15) is 4.79 Å². The molecule has 84 valence electrons. The fraction of sp³-hybridized carbons (Fsp3) is 0.545. The lowest BCUT2D eigenvalue weighted by atomic mass is 9.83. The number of allylic oxidation sites excluding steroid dienone is 4. The van der Waals surface area contributed by atoms with Gasteiger partial charge in [0.1, 0.15) is 0 Å². The molecule has 0 aromatic heterocycles. The summed E-state index contributed by atoms with van der Waals surface area (Å²) in [4.78, 5) is 11.5. The van der Waals surface area contributed by atoms with Crippen molar-refractivity contribution in [1.82, 2.24) is 0 Å². The Hall–Kier alpha value is 0.0200. The Kier molecular flexibility index (Phi) is 3.91. The van der Waals surface area contributed by atoms with Crippen molar-refractivity contribution in [1.29, 1.82) is 0 Å². The van der Waals surface area contributed by atoms with Gasteiger partial charge in [-0.1, -0.05) is 60.3 Å². The molecule has 4 heteroatoms. The van der Waals surface area contributed by atoms with E-state index in [0.29, 0.717) is 0 Å². The van der Waals surface area contributed by atoms with Crippen LogP contribution in [-0.4, -0.2) is 9.58 Å². The van der Waals surface area contributed by atoms with Crippen LogP contribution < -0.4 is 0 Å². The molecule has 1 atom stereocenters. The van der Waals surface area contributed by atoms with Crippen LogP contribution in [0.1, 0.15) is 26.7 Å². The van der Waals surface area contributed by atoms with Crippen LogP contribution in [0.2, 0.25) is 0 Å². The van der Waals surface area contributed by atoms with Crippen LogP contribution in [-0.2, 0) is 4.79 Å². The van der Waals surface area contributed by atoms with Gasteiger partial charge in [0.25, 0.3) is 0 Å². The first kappa shape index (κ1) is 13.1. The van der Waals surface area contributed by atoms with E-state index in [2.05, 4.69) is 0 Å². The zero-order valence-electron chi connectivity index (χ0n) is 8.69. The quantitative estimate of drug-likeness (QED) is 0.684. The Morgan fingerprint density at radius 2 is 2.00 bits per heavy atom. The number of alkyl halides is 3. The molecule has 0 fully saturated rings. The molecular formula is C11H13Cl3O. The summed E-state index contributed by atoms with van der Waals surface area (Å²) in [6.45, 7) is 3.82. The number of hydrogen-bond donors (Lipinski definition) is 0. The molecular weight excluding hydrogens is 254 g/mol. The average molecular weight is 268 g/mol.